The molecule has 0 atom stereocenters. The molecule has 0 bridgehead atoms. The summed E-state index contributed by atoms with van der Waals surface area (Å²) in [5.41, 5.74) is 4.63. The molecule has 2 aromatic rings. The molecule has 2 heterocycles. The lowest BCUT2D eigenvalue weighted by Crippen LogP contribution is -2.15. The van der Waals surface area contributed by atoms with E-state index in [1.54, 1.807) is 13.3 Å². The van der Waals surface area contributed by atoms with E-state index in [0.717, 1.165) is 38.9 Å². The summed E-state index contributed by atoms with van der Waals surface area (Å²) in [5, 5.41) is 4.29. The van der Waals surface area contributed by atoms with Crippen LogP contribution in [0.2, 0.25) is 5.15 Å². The van der Waals surface area contributed by atoms with Gasteiger partial charge in [0, 0.05) is 18.2 Å². The first-order valence-corrected chi connectivity index (χ1v) is 9.13. The van der Waals surface area contributed by atoms with Crippen molar-refractivity contribution in [3.05, 3.63) is 46.2 Å². The van der Waals surface area contributed by atoms with Crippen LogP contribution < -0.4 is 10.1 Å². The first-order valence-electron chi connectivity index (χ1n) is 7.76. The van der Waals surface area contributed by atoms with Gasteiger partial charge in [0.1, 0.15) is 10.9 Å². The minimum atomic E-state index is -0.0811. The first kappa shape index (κ1) is 17.8. The number of carbonyl (C=O) groups is 1. The quantitative estimate of drug-likeness (QED) is 0.808. The molecule has 5 nitrogen and oxygen atoms in total. The van der Waals surface area contributed by atoms with E-state index >= 15 is 0 Å². The van der Waals surface area contributed by atoms with Gasteiger partial charge in [-0.15, -0.1) is 11.8 Å². The van der Waals surface area contributed by atoms with Gasteiger partial charge in [0.2, 0.25) is 5.91 Å². The van der Waals surface area contributed by atoms with Crippen molar-refractivity contribution in [2.45, 2.75) is 20.3 Å². The zero-order valence-electron chi connectivity index (χ0n) is 14.2. The normalized spacial score (nSPS) is 12.6. The summed E-state index contributed by atoms with van der Waals surface area (Å²) >= 11 is 7.48. The SMILES string of the molecule is COc1cc(NC(=O)CSC2=Nc3cnc(Cl)c(C)c3C2)ccc1C. The number of aryl methyl sites for hydroxylation is 1. The van der Waals surface area contributed by atoms with Crippen LogP contribution in [-0.2, 0) is 11.2 Å². The highest BCUT2D eigenvalue weighted by atomic mass is 35.5. The van der Waals surface area contributed by atoms with Crippen LogP contribution in [0.4, 0.5) is 11.4 Å². The molecule has 1 aliphatic heterocycles. The molecule has 0 spiro atoms. The molecule has 1 amide bonds. The molecule has 0 aliphatic carbocycles. The maximum atomic E-state index is 12.2. The van der Waals surface area contributed by atoms with Gasteiger partial charge in [0.05, 0.1) is 29.8 Å². The summed E-state index contributed by atoms with van der Waals surface area (Å²) in [6.07, 6.45) is 2.37. The summed E-state index contributed by atoms with van der Waals surface area (Å²) in [5.74, 6) is 0.965. The monoisotopic (exact) mass is 375 g/mol. The summed E-state index contributed by atoms with van der Waals surface area (Å²) in [6.45, 7) is 3.90. The highest BCUT2D eigenvalue weighted by Crippen LogP contribution is 2.34. The smallest absolute Gasteiger partial charge is 0.234 e. The Morgan fingerprint density at radius 1 is 1.40 bits per heavy atom. The number of rotatable bonds is 4. The number of hydrogen-bond donors (Lipinski definition) is 1. The maximum Gasteiger partial charge on any atom is 0.234 e. The number of methoxy groups -OCH3 is 1. The van der Waals surface area contributed by atoms with Crippen LogP contribution in [0.3, 0.4) is 0 Å². The van der Waals surface area contributed by atoms with Crippen molar-refractivity contribution in [3.63, 3.8) is 0 Å². The van der Waals surface area contributed by atoms with Crippen LogP contribution in [0.15, 0.2) is 29.4 Å². The first-order chi connectivity index (χ1) is 12.0. The summed E-state index contributed by atoms with van der Waals surface area (Å²) in [4.78, 5) is 20.8. The lowest BCUT2D eigenvalue weighted by Gasteiger charge is -2.09. The summed E-state index contributed by atoms with van der Waals surface area (Å²) < 4.78 is 5.27. The number of nitrogens with zero attached hydrogens (tertiary/aromatic N) is 2. The molecule has 1 N–H and O–H groups in total. The van der Waals surface area contributed by atoms with Gasteiger partial charge in [-0.25, -0.2) is 9.98 Å². The Morgan fingerprint density at radius 2 is 2.20 bits per heavy atom. The molecule has 1 aromatic carbocycles. The maximum absolute atomic E-state index is 12.2. The minimum absolute atomic E-state index is 0.0811. The van der Waals surface area contributed by atoms with Gasteiger partial charge in [0.15, 0.2) is 0 Å². The number of carbonyl (C=O) groups excluding carboxylic acids is 1. The largest absolute Gasteiger partial charge is 0.496 e. The van der Waals surface area contributed by atoms with Gasteiger partial charge in [-0.05, 0) is 36.6 Å². The topological polar surface area (TPSA) is 63.6 Å². The fourth-order valence-corrected chi connectivity index (χ4v) is 3.52. The van der Waals surface area contributed by atoms with Crippen molar-refractivity contribution in [1.29, 1.82) is 0 Å². The zero-order chi connectivity index (χ0) is 18.0. The number of amides is 1. The number of benzene rings is 1. The second-order valence-corrected chi connectivity index (χ2v) is 7.15. The highest BCUT2D eigenvalue weighted by molar-refractivity contribution is 8.14. The molecule has 1 aliphatic rings. The molecule has 130 valence electrons. The molecule has 1 aromatic heterocycles. The van der Waals surface area contributed by atoms with Gasteiger partial charge in [-0.1, -0.05) is 17.7 Å². The van der Waals surface area contributed by atoms with E-state index in [2.05, 4.69) is 15.3 Å². The highest BCUT2D eigenvalue weighted by Gasteiger charge is 2.20. The molecule has 25 heavy (non-hydrogen) atoms. The molecule has 0 fully saturated rings. The third-order valence-corrected chi connectivity index (χ3v) is 5.36. The molecule has 0 radical (unpaired) electrons. The van der Waals surface area contributed by atoms with E-state index in [9.17, 15) is 4.79 Å². The van der Waals surface area contributed by atoms with Crippen molar-refractivity contribution in [1.82, 2.24) is 4.98 Å². The third-order valence-electron chi connectivity index (χ3n) is 4.01. The number of thioether (sulfide) groups is 1. The van der Waals surface area contributed by atoms with E-state index in [0.29, 0.717) is 17.3 Å². The molecule has 3 rings (SSSR count). The van der Waals surface area contributed by atoms with Gasteiger partial charge >= 0.3 is 0 Å². The van der Waals surface area contributed by atoms with Gasteiger partial charge < -0.3 is 10.1 Å². The number of ether oxygens (including phenoxy) is 1. The van der Waals surface area contributed by atoms with E-state index in [1.807, 2.05) is 32.0 Å². The lowest BCUT2D eigenvalue weighted by atomic mass is 10.1. The minimum Gasteiger partial charge on any atom is -0.496 e. The molecular weight excluding hydrogens is 358 g/mol. The summed E-state index contributed by atoms with van der Waals surface area (Å²) in [7, 11) is 1.61. The van der Waals surface area contributed by atoms with Gasteiger partial charge in [0.25, 0.3) is 0 Å². The number of nitrogens with one attached hydrogen (secondary N) is 1. The van der Waals surface area contributed by atoms with E-state index in [1.165, 1.54) is 11.8 Å². The Labute approximate surface area is 155 Å². The Kier molecular flexibility index (Phi) is 5.30. The van der Waals surface area contributed by atoms with Crippen LogP contribution >= 0.6 is 23.4 Å². The van der Waals surface area contributed by atoms with E-state index < -0.39 is 0 Å². The molecule has 0 unspecified atom stereocenters. The second kappa shape index (κ2) is 7.45. The predicted octanol–water partition coefficient (Wildman–Crippen LogP) is 4.32. The van der Waals surface area contributed by atoms with Crippen molar-refractivity contribution in [2.75, 3.05) is 18.2 Å². The van der Waals surface area contributed by atoms with Crippen molar-refractivity contribution in [3.8, 4) is 5.75 Å². The standard InChI is InChI=1S/C18H18ClN3O2S/c1-10-4-5-12(6-15(10)24-3)21-16(23)9-25-17-7-13-11(2)18(19)20-8-14(13)22-17/h4-6,8H,7,9H2,1-3H3,(H,21,23). The Balaban J connectivity index is 1.58. The van der Waals surface area contributed by atoms with Crippen LogP contribution in [-0.4, -0.2) is 28.8 Å². The van der Waals surface area contributed by atoms with Crippen molar-refractivity contribution >= 4 is 45.7 Å². The molecule has 0 saturated carbocycles. The van der Waals surface area contributed by atoms with Crippen LogP contribution in [0.5, 0.6) is 5.75 Å². The van der Waals surface area contributed by atoms with Crippen LogP contribution in [0, 0.1) is 13.8 Å². The molecule has 7 heteroatoms. The average molecular weight is 376 g/mol. The number of aromatic nitrogens is 1. The Hall–Kier alpha value is -2.05. The summed E-state index contributed by atoms with van der Waals surface area (Å²) in [6, 6.07) is 5.59. The second-order valence-electron chi connectivity index (χ2n) is 5.74. The average Bonchev–Trinajstić information content (AvgIpc) is 3.02. The fourth-order valence-electron chi connectivity index (χ4n) is 2.58. The Morgan fingerprint density at radius 3 is 2.96 bits per heavy atom. The van der Waals surface area contributed by atoms with Gasteiger partial charge in [-0.3, -0.25) is 4.79 Å². The third kappa shape index (κ3) is 3.96. The zero-order valence-corrected chi connectivity index (χ0v) is 15.8. The van der Waals surface area contributed by atoms with Crippen LogP contribution in [0.25, 0.3) is 0 Å². The number of pyridine rings is 1. The fraction of sp³-hybridized carbons (Fsp3) is 0.278. The van der Waals surface area contributed by atoms with Crippen molar-refractivity contribution in [2.24, 2.45) is 4.99 Å². The molecule has 0 saturated heterocycles. The number of anilines is 1. The van der Waals surface area contributed by atoms with Gasteiger partial charge in [-0.2, -0.15) is 0 Å². The predicted molar refractivity (Wildman–Crippen MR) is 104 cm³/mol. The lowest BCUT2D eigenvalue weighted by molar-refractivity contribution is -0.113. The number of aliphatic imine (C=N–C) groups is 1. The van der Waals surface area contributed by atoms with E-state index in [-0.39, 0.29) is 5.91 Å². The number of halogens is 1. The number of fused-ring (bicyclic) bond motifs is 1. The van der Waals surface area contributed by atoms with E-state index in [4.69, 9.17) is 16.3 Å². The number of hydrogen-bond acceptors (Lipinski definition) is 5. The van der Waals surface area contributed by atoms with Crippen LogP contribution in [0.1, 0.15) is 16.7 Å². The van der Waals surface area contributed by atoms with Crippen molar-refractivity contribution < 1.29 is 9.53 Å². The molecular formula is C18H18ClN3O2S. The Bertz CT molecular complexity index is 868.